The minimum atomic E-state index is -4.60. The number of para-hydroxylation sites is 1. The molecule has 0 atom stereocenters. The fourth-order valence-corrected chi connectivity index (χ4v) is 7.38. The number of nitrogens with zero attached hydrogens (tertiary/aromatic N) is 1. The highest BCUT2D eigenvalue weighted by atomic mass is 35.5. The first-order chi connectivity index (χ1) is 21.0. The predicted octanol–water partition coefficient (Wildman–Crippen LogP) is 8.25. The Hall–Kier alpha value is -3.45. The second-order valence-corrected chi connectivity index (χ2v) is 19.0. The minimum Gasteiger partial charge on any atom is -0.494 e. The third kappa shape index (κ3) is 7.19. The largest absolute Gasteiger partial charge is 0.494 e. The number of rotatable bonds is 11. The lowest BCUT2D eigenvalue weighted by atomic mass is 10.1. The molecule has 0 aliphatic heterocycles. The molecule has 0 fully saturated rings. The lowest BCUT2D eigenvalue weighted by molar-refractivity contribution is 0.0600. The van der Waals surface area contributed by atoms with Crippen molar-refractivity contribution in [3.63, 3.8) is 0 Å². The van der Waals surface area contributed by atoms with Crippen molar-refractivity contribution < 1.29 is 35.9 Å². The van der Waals surface area contributed by atoms with Gasteiger partial charge in [-0.05, 0) is 54.9 Å². The summed E-state index contributed by atoms with van der Waals surface area (Å²) in [5.41, 5.74) is 0.598. The van der Waals surface area contributed by atoms with Crippen molar-refractivity contribution in [1.82, 2.24) is 4.57 Å². The van der Waals surface area contributed by atoms with E-state index in [2.05, 4.69) is 43.3 Å². The zero-order valence-electron chi connectivity index (χ0n) is 26.3. The Kier molecular flexibility index (Phi) is 10.0. The van der Waals surface area contributed by atoms with Crippen molar-refractivity contribution in [1.29, 1.82) is 0 Å². The van der Waals surface area contributed by atoms with E-state index in [4.69, 9.17) is 20.8 Å². The molecule has 0 spiro atoms. The summed E-state index contributed by atoms with van der Waals surface area (Å²) in [4.78, 5) is 11.6. The summed E-state index contributed by atoms with van der Waals surface area (Å²) >= 11 is 6.20. The van der Waals surface area contributed by atoms with Gasteiger partial charge in [0.2, 0.25) is 0 Å². The van der Waals surface area contributed by atoms with Gasteiger partial charge in [0.25, 0.3) is 10.0 Å². The average Bonchev–Trinajstić information content (AvgIpc) is 3.33. The number of hydrogen-bond donors (Lipinski definition) is 1. The molecule has 0 radical (unpaired) electrons. The first-order valence-corrected chi connectivity index (χ1v) is 19.0. The summed E-state index contributed by atoms with van der Waals surface area (Å²) < 4.78 is 78.0. The van der Waals surface area contributed by atoms with E-state index in [1.54, 1.807) is 6.07 Å². The van der Waals surface area contributed by atoms with E-state index < -0.39 is 46.5 Å². The maximum atomic E-state index is 15.5. The first-order valence-electron chi connectivity index (χ1n) is 14.2. The number of ether oxygens (including phenoxy) is 2. The van der Waals surface area contributed by atoms with Crippen molar-refractivity contribution in [2.24, 2.45) is 0 Å². The monoisotopic (exact) mass is 678 g/mol. The molecule has 0 bridgehead atoms. The number of aromatic nitrogens is 1. The van der Waals surface area contributed by atoms with Gasteiger partial charge in [-0.15, -0.1) is 0 Å². The van der Waals surface area contributed by atoms with Crippen molar-refractivity contribution in [2.45, 2.75) is 56.8 Å². The standard InChI is InChI=1S/C32H37ClF2N2O6SSi/c1-32(2,3)45(6,7)43-14-10-13-37-27-12-9-8-11-20(27)16-28(37)22-18-26(25(35)19-24(22)34)36-44(39,40)29-17-21(31(38)42-5)15-23(33)30(29)41-4/h8-9,11-12,15-19,36H,10,13-14H2,1-7H3. The summed E-state index contributed by atoms with van der Waals surface area (Å²) in [6, 6.07) is 13.2. The van der Waals surface area contributed by atoms with Gasteiger partial charge >= 0.3 is 5.97 Å². The van der Waals surface area contributed by atoms with E-state index in [9.17, 15) is 13.2 Å². The molecule has 1 N–H and O–H groups in total. The highest BCUT2D eigenvalue weighted by Gasteiger charge is 2.37. The second kappa shape index (κ2) is 13.1. The number of esters is 1. The van der Waals surface area contributed by atoms with Crippen molar-refractivity contribution in [3.8, 4) is 17.0 Å². The van der Waals surface area contributed by atoms with Crippen molar-refractivity contribution >= 4 is 52.5 Å². The molecule has 0 aliphatic rings. The van der Waals surface area contributed by atoms with E-state index in [1.807, 2.05) is 28.8 Å². The third-order valence-electron chi connectivity index (χ3n) is 8.11. The fourth-order valence-electron chi connectivity index (χ4n) is 4.67. The van der Waals surface area contributed by atoms with Gasteiger partial charge in [0, 0.05) is 35.7 Å². The van der Waals surface area contributed by atoms with Gasteiger partial charge in [-0.1, -0.05) is 50.6 Å². The molecule has 0 saturated carbocycles. The second-order valence-electron chi connectivity index (χ2n) is 12.1. The van der Waals surface area contributed by atoms with E-state index in [0.717, 1.165) is 30.1 Å². The molecular weight excluding hydrogens is 642 g/mol. The number of anilines is 1. The number of hydrogen-bond acceptors (Lipinski definition) is 6. The summed E-state index contributed by atoms with van der Waals surface area (Å²) in [6.07, 6.45) is 0.636. The van der Waals surface area contributed by atoms with E-state index in [0.29, 0.717) is 31.3 Å². The number of sulfonamides is 1. The lowest BCUT2D eigenvalue weighted by Gasteiger charge is -2.36. The van der Waals surface area contributed by atoms with E-state index in [-0.39, 0.29) is 26.9 Å². The van der Waals surface area contributed by atoms with Crippen LogP contribution in [0, 0.1) is 11.6 Å². The van der Waals surface area contributed by atoms with Gasteiger partial charge < -0.3 is 18.5 Å². The number of carbonyl (C=O) groups is 1. The zero-order valence-corrected chi connectivity index (χ0v) is 28.8. The Balaban J connectivity index is 1.74. The van der Waals surface area contributed by atoms with Gasteiger partial charge in [0.05, 0.1) is 36.2 Å². The summed E-state index contributed by atoms with van der Waals surface area (Å²) in [5.74, 6) is -3.11. The summed E-state index contributed by atoms with van der Waals surface area (Å²) in [7, 11) is -4.25. The maximum absolute atomic E-state index is 15.5. The van der Waals surface area contributed by atoms with Gasteiger partial charge in [0.15, 0.2) is 14.1 Å². The number of aryl methyl sites for hydroxylation is 1. The first kappa shape index (κ1) is 34.4. The van der Waals surface area contributed by atoms with Crippen LogP contribution in [0.2, 0.25) is 23.2 Å². The Morgan fingerprint density at radius 3 is 2.36 bits per heavy atom. The quantitative estimate of drug-likeness (QED) is 0.0975. The third-order valence-corrected chi connectivity index (χ3v) is 14.3. The van der Waals surface area contributed by atoms with Crippen LogP contribution < -0.4 is 9.46 Å². The highest BCUT2D eigenvalue weighted by Crippen LogP contribution is 2.38. The van der Waals surface area contributed by atoms with Crippen LogP contribution in [-0.2, 0) is 25.7 Å². The molecule has 242 valence electrons. The summed E-state index contributed by atoms with van der Waals surface area (Å²) in [6.45, 7) is 11.8. The van der Waals surface area contributed by atoms with Crippen molar-refractivity contribution in [3.05, 3.63) is 76.8 Å². The molecule has 0 amide bonds. The molecule has 0 aliphatic carbocycles. The molecule has 1 aromatic heterocycles. The minimum absolute atomic E-state index is 0.0103. The van der Waals surface area contributed by atoms with Crippen LogP contribution in [0.5, 0.6) is 5.75 Å². The molecule has 3 aromatic carbocycles. The Morgan fingerprint density at radius 2 is 1.71 bits per heavy atom. The van der Waals surface area contributed by atoms with Crippen LogP contribution in [0.4, 0.5) is 14.5 Å². The Morgan fingerprint density at radius 1 is 1.02 bits per heavy atom. The number of carbonyl (C=O) groups excluding carboxylic acids is 1. The van der Waals surface area contributed by atoms with Crippen LogP contribution in [0.1, 0.15) is 37.6 Å². The maximum Gasteiger partial charge on any atom is 0.337 e. The molecule has 4 aromatic rings. The molecule has 8 nitrogen and oxygen atoms in total. The zero-order chi connectivity index (χ0) is 33.3. The van der Waals surface area contributed by atoms with Crippen LogP contribution in [0.3, 0.4) is 0 Å². The Bertz CT molecular complexity index is 1850. The van der Waals surface area contributed by atoms with Crippen LogP contribution >= 0.6 is 11.6 Å². The molecule has 1 heterocycles. The molecular formula is C32H37ClF2N2O6SSi. The fraction of sp³-hybridized carbons (Fsp3) is 0.344. The van der Waals surface area contributed by atoms with Gasteiger partial charge in [-0.3, -0.25) is 4.72 Å². The topological polar surface area (TPSA) is 95.9 Å². The van der Waals surface area contributed by atoms with Crippen LogP contribution in [0.25, 0.3) is 22.2 Å². The highest BCUT2D eigenvalue weighted by molar-refractivity contribution is 7.92. The van der Waals surface area contributed by atoms with Crippen LogP contribution in [-0.4, -0.2) is 48.1 Å². The molecule has 45 heavy (non-hydrogen) atoms. The van der Waals surface area contributed by atoms with Gasteiger partial charge in [0.1, 0.15) is 16.5 Å². The number of methoxy groups -OCH3 is 2. The van der Waals surface area contributed by atoms with Gasteiger partial charge in [-0.25, -0.2) is 22.0 Å². The lowest BCUT2D eigenvalue weighted by Crippen LogP contribution is -2.41. The normalized spacial score (nSPS) is 12.4. The molecule has 0 unspecified atom stereocenters. The van der Waals surface area contributed by atoms with Gasteiger partial charge in [-0.2, -0.15) is 0 Å². The smallest absolute Gasteiger partial charge is 0.337 e. The Labute approximate surface area is 268 Å². The van der Waals surface area contributed by atoms with Crippen LogP contribution in [0.15, 0.2) is 59.5 Å². The van der Waals surface area contributed by atoms with E-state index >= 15 is 8.78 Å². The molecule has 0 saturated heterocycles. The summed E-state index contributed by atoms with van der Waals surface area (Å²) in [5, 5.41) is 0.709. The average molecular weight is 679 g/mol. The van der Waals surface area contributed by atoms with E-state index in [1.165, 1.54) is 13.2 Å². The number of benzene rings is 3. The van der Waals surface area contributed by atoms with Crippen molar-refractivity contribution in [2.75, 3.05) is 25.5 Å². The predicted molar refractivity (Wildman–Crippen MR) is 175 cm³/mol. The number of halogens is 3. The SMILES string of the molecule is COC(=O)c1cc(Cl)c(OC)c(S(=O)(=O)Nc2cc(-c3cc4ccccc4n3CCCO[Si](C)(C)C(C)(C)C)c(F)cc2F)c1. The number of nitrogens with one attached hydrogen (secondary N) is 1. The molecule has 4 rings (SSSR count). The number of fused-ring (bicyclic) bond motifs is 1. The molecule has 13 heteroatoms.